The Kier molecular flexibility index (Phi) is 5.34. The van der Waals surface area contributed by atoms with Gasteiger partial charge in [-0.3, -0.25) is 9.59 Å². The maximum atomic E-state index is 13.3. The van der Waals surface area contributed by atoms with E-state index in [-0.39, 0.29) is 12.8 Å². The number of nitrogens with one attached hydrogen (secondary N) is 1. The van der Waals surface area contributed by atoms with E-state index in [1.807, 2.05) is 0 Å². The summed E-state index contributed by atoms with van der Waals surface area (Å²) in [6.07, 6.45) is -0.457. The fourth-order valence-electron chi connectivity index (χ4n) is 1.44. The molecule has 1 amide bonds. The molecule has 1 N–H and O–H groups in total. The normalized spacial score (nSPS) is 11.1. The largest absolute Gasteiger partial charge is 0.460 e. The first-order chi connectivity index (χ1) is 9.58. The van der Waals surface area contributed by atoms with Gasteiger partial charge in [0.1, 0.15) is 11.4 Å². The number of benzene rings is 1. The van der Waals surface area contributed by atoms with Crippen molar-refractivity contribution in [3.63, 3.8) is 0 Å². The molecule has 0 radical (unpaired) electrons. The van der Waals surface area contributed by atoms with Crippen LogP contribution in [0.15, 0.2) is 12.1 Å². The second-order valence-electron chi connectivity index (χ2n) is 5.38. The van der Waals surface area contributed by atoms with Crippen LogP contribution in [0.25, 0.3) is 0 Å². The Hall–Kier alpha value is -2.05. The van der Waals surface area contributed by atoms with E-state index in [1.54, 1.807) is 20.8 Å². The second kappa shape index (κ2) is 6.60. The lowest BCUT2D eigenvalue weighted by Gasteiger charge is -2.19. The molecule has 0 aliphatic carbocycles. The highest BCUT2D eigenvalue weighted by molar-refractivity contribution is 5.92. The monoisotopic (exact) mass is 303 g/mol. The van der Waals surface area contributed by atoms with Crippen molar-refractivity contribution in [2.75, 3.05) is 5.32 Å². The van der Waals surface area contributed by atoms with Gasteiger partial charge in [0.25, 0.3) is 0 Å². The molecule has 0 aliphatic heterocycles. The molecule has 0 aliphatic rings. The van der Waals surface area contributed by atoms with E-state index in [4.69, 9.17) is 4.74 Å². The smallest absolute Gasteiger partial charge is 0.306 e. The predicted molar refractivity (Wildman–Crippen MR) is 70.0 cm³/mol. The molecule has 0 saturated carbocycles. The van der Waals surface area contributed by atoms with Gasteiger partial charge in [-0.1, -0.05) is 0 Å². The lowest BCUT2D eigenvalue weighted by Crippen LogP contribution is -2.24. The summed E-state index contributed by atoms with van der Waals surface area (Å²) in [5.74, 6) is -5.01. The molecule has 0 unspecified atom stereocenters. The number of esters is 1. The van der Waals surface area contributed by atoms with E-state index in [2.05, 4.69) is 5.32 Å². The highest BCUT2D eigenvalue weighted by Crippen LogP contribution is 2.18. The minimum Gasteiger partial charge on any atom is -0.460 e. The van der Waals surface area contributed by atoms with Gasteiger partial charge in [0.05, 0.1) is 12.1 Å². The molecule has 0 atom stereocenters. The van der Waals surface area contributed by atoms with E-state index >= 15 is 0 Å². The number of carbonyl (C=O) groups excluding carboxylic acids is 2. The number of carbonyl (C=O) groups is 2. The standard InChI is InChI=1S/C14H16F3NO3/c1-14(2,3)21-13(20)5-4-12(19)18-11-7-9(16)8(15)6-10(11)17/h6-7H,4-5H2,1-3H3,(H,18,19). The molecule has 21 heavy (non-hydrogen) atoms. The third kappa shape index (κ3) is 5.85. The van der Waals surface area contributed by atoms with Gasteiger partial charge < -0.3 is 10.1 Å². The van der Waals surface area contributed by atoms with Gasteiger partial charge in [-0.25, -0.2) is 13.2 Å². The first-order valence-electron chi connectivity index (χ1n) is 6.25. The molecule has 7 heteroatoms. The fourth-order valence-corrected chi connectivity index (χ4v) is 1.44. The number of rotatable bonds is 4. The number of halogens is 3. The summed E-state index contributed by atoms with van der Waals surface area (Å²) in [7, 11) is 0. The van der Waals surface area contributed by atoms with Gasteiger partial charge in [0.15, 0.2) is 11.6 Å². The van der Waals surface area contributed by atoms with Crippen LogP contribution in [0.4, 0.5) is 18.9 Å². The highest BCUT2D eigenvalue weighted by atomic mass is 19.2. The lowest BCUT2D eigenvalue weighted by atomic mass is 10.2. The third-order valence-corrected chi connectivity index (χ3v) is 2.26. The van der Waals surface area contributed by atoms with E-state index in [0.29, 0.717) is 12.1 Å². The summed E-state index contributed by atoms with van der Waals surface area (Å²) in [5.41, 5.74) is -1.15. The zero-order chi connectivity index (χ0) is 16.2. The minimum absolute atomic E-state index is 0.200. The van der Waals surface area contributed by atoms with Crippen LogP contribution in [-0.4, -0.2) is 17.5 Å². The summed E-state index contributed by atoms with van der Waals surface area (Å²) in [4.78, 5) is 22.9. The molecule has 0 aromatic heterocycles. The summed E-state index contributed by atoms with van der Waals surface area (Å²) in [5, 5.41) is 2.07. The summed E-state index contributed by atoms with van der Waals surface area (Å²) >= 11 is 0. The van der Waals surface area contributed by atoms with Gasteiger partial charge in [0.2, 0.25) is 5.91 Å². The van der Waals surface area contributed by atoms with Crippen LogP contribution >= 0.6 is 0 Å². The van der Waals surface area contributed by atoms with Crippen molar-refractivity contribution in [3.05, 3.63) is 29.6 Å². The molecule has 0 spiro atoms. The van der Waals surface area contributed by atoms with Crippen LogP contribution in [0.5, 0.6) is 0 Å². The Balaban J connectivity index is 2.55. The molecule has 1 rings (SSSR count). The summed E-state index contributed by atoms with van der Waals surface area (Å²) in [6, 6.07) is 0.870. The molecule has 1 aromatic carbocycles. The Morgan fingerprint density at radius 1 is 1.05 bits per heavy atom. The molecule has 0 fully saturated rings. The predicted octanol–water partition coefficient (Wildman–Crippen LogP) is 3.16. The van der Waals surface area contributed by atoms with E-state index in [9.17, 15) is 22.8 Å². The van der Waals surface area contributed by atoms with E-state index in [1.165, 1.54) is 0 Å². The molecule has 1 aromatic rings. The maximum Gasteiger partial charge on any atom is 0.306 e. The van der Waals surface area contributed by atoms with Crippen LogP contribution in [0, 0.1) is 17.5 Å². The van der Waals surface area contributed by atoms with Crippen molar-refractivity contribution in [2.24, 2.45) is 0 Å². The van der Waals surface area contributed by atoms with Crippen molar-refractivity contribution in [1.82, 2.24) is 0 Å². The van der Waals surface area contributed by atoms with Crippen molar-refractivity contribution < 1.29 is 27.5 Å². The average Bonchev–Trinajstić information content (AvgIpc) is 2.31. The molecule has 116 valence electrons. The van der Waals surface area contributed by atoms with Crippen molar-refractivity contribution in [3.8, 4) is 0 Å². The topological polar surface area (TPSA) is 55.4 Å². The molecule has 0 saturated heterocycles. The zero-order valence-electron chi connectivity index (χ0n) is 11.9. The number of hydrogen-bond donors (Lipinski definition) is 1. The quantitative estimate of drug-likeness (QED) is 0.686. The molecule has 4 nitrogen and oxygen atoms in total. The lowest BCUT2D eigenvalue weighted by molar-refractivity contribution is -0.155. The Labute approximate surface area is 120 Å². The number of amides is 1. The SMILES string of the molecule is CC(C)(C)OC(=O)CCC(=O)Nc1cc(F)c(F)cc1F. The first kappa shape index (κ1) is 17.0. The van der Waals surface area contributed by atoms with Crippen LogP contribution < -0.4 is 5.32 Å². The Morgan fingerprint density at radius 2 is 1.62 bits per heavy atom. The zero-order valence-corrected chi connectivity index (χ0v) is 11.9. The summed E-state index contributed by atoms with van der Waals surface area (Å²) < 4.78 is 44.0. The molecule has 0 heterocycles. The van der Waals surface area contributed by atoms with Crippen LogP contribution in [0.3, 0.4) is 0 Å². The fraction of sp³-hybridized carbons (Fsp3) is 0.429. The number of hydrogen-bond acceptors (Lipinski definition) is 3. The maximum absolute atomic E-state index is 13.3. The van der Waals surface area contributed by atoms with Crippen molar-refractivity contribution in [1.29, 1.82) is 0 Å². The number of anilines is 1. The molecular formula is C14H16F3NO3. The van der Waals surface area contributed by atoms with Crippen molar-refractivity contribution >= 4 is 17.6 Å². The number of ether oxygens (including phenoxy) is 1. The summed E-state index contributed by atoms with van der Waals surface area (Å²) in [6.45, 7) is 5.05. The van der Waals surface area contributed by atoms with Crippen molar-refractivity contribution in [2.45, 2.75) is 39.2 Å². The van der Waals surface area contributed by atoms with Gasteiger partial charge >= 0.3 is 5.97 Å². The molecule has 0 bridgehead atoms. The highest BCUT2D eigenvalue weighted by Gasteiger charge is 2.18. The van der Waals surface area contributed by atoms with Gasteiger partial charge in [-0.15, -0.1) is 0 Å². The van der Waals surface area contributed by atoms with Crippen LogP contribution in [0.2, 0.25) is 0 Å². The third-order valence-electron chi connectivity index (χ3n) is 2.26. The van der Waals surface area contributed by atoms with Gasteiger partial charge in [0, 0.05) is 18.6 Å². The Bertz CT molecular complexity index is 553. The first-order valence-corrected chi connectivity index (χ1v) is 6.25. The molecular weight excluding hydrogens is 287 g/mol. The van der Waals surface area contributed by atoms with E-state index < -0.39 is 40.6 Å². The van der Waals surface area contributed by atoms with Crippen LogP contribution in [-0.2, 0) is 14.3 Å². The van der Waals surface area contributed by atoms with Crippen LogP contribution in [0.1, 0.15) is 33.6 Å². The second-order valence-corrected chi connectivity index (χ2v) is 5.38. The van der Waals surface area contributed by atoms with Gasteiger partial charge in [-0.2, -0.15) is 0 Å². The minimum atomic E-state index is -1.35. The van der Waals surface area contributed by atoms with Gasteiger partial charge in [-0.05, 0) is 20.8 Å². The van der Waals surface area contributed by atoms with E-state index in [0.717, 1.165) is 0 Å². The Morgan fingerprint density at radius 3 is 2.19 bits per heavy atom. The average molecular weight is 303 g/mol.